The van der Waals surface area contributed by atoms with Crippen molar-refractivity contribution in [2.75, 3.05) is 19.8 Å². The standard InChI is InChI=1S/C14H24FNO2/c1-13(2,3)18-12(17)16-7-4-5-14(6-8-16)9-11(14)10-15/h11H,4-10H2,1-3H3. The Kier molecular flexibility index (Phi) is 3.56. The van der Waals surface area contributed by atoms with Gasteiger partial charge >= 0.3 is 6.09 Å². The summed E-state index contributed by atoms with van der Waals surface area (Å²) in [6.45, 7) is 6.90. The Labute approximate surface area is 109 Å². The average Bonchev–Trinajstić information content (AvgIpc) is 2.99. The third-order valence-corrected chi connectivity index (χ3v) is 4.18. The van der Waals surface area contributed by atoms with Gasteiger partial charge in [-0.1, -0.05) is 0 Å². The number of ether oxygens (including phenoxy) is 1. The predicted molar refractivity (Wildman–Crippen MR) is 68.2 cm³/mol. The van der Waals surface area contributed by atoms with Crippen LogP contribution in [0.15, 0.2) is 0 Å². The zero-order valence-electron chi connectivity index (χ0n) is 11.7. The first-order chi connectivity index (χ1) is 8.36. The molecule has 0 N–H and O–H groups in total. The normalized spacial score (nSPS) is 32.2. The minimum absolute atomic E-state index is 0.200. The van der Waals surface area contributed by atoms with Crippen molar-refractivity contribution in [2.24, 2.45) is 11.3 Å². The highest BCUT2D eigenvalue weighted by Crippen LogP contribution is 2.59. The van der Waals surface area contributed by atoms with E-state index in [-0.39, 0.29) is 24.1 Å². The fourth-order valence-electron chi connectivity index (χ4n) is 2.99. The van der Waals surface area contributed by atoms with Gasteiger partial charge in [0.15, 0.2) is 0 Å². The fourth-order valence-corrected chi connectivity index (χ4v) is 2.99. The van der Waals surface area contributed by atoms with Crippen molar-refractivity contribution in [2.45, 2.75) is 52.1 Å². The molecule has 0 radical (unpaired) electrons. The summed E-state index contributed by atoms with van der Waals surface area (Å²) in [7, 11) is 0. The highest BCUT2D eigenvalue weighted by atomic mass is 19.1. The van der Waals surface area contributed by atoms with Crippen LogP contribution in [0, 0.1) is 11.3 Å². The van der Waals surface area contributed by atoms with Gasteiger partial charge < -0.3 is 9.64 Å². The number of halogens is 1. The van der Waals surface area contributed by atoms with Gasteiger partial charge in [-0.3, -0.25) is 4.39 Å². The van der Waals surface area contributed by atoms with Gasteiger partial charge in [-0.05, 0) is 57.8 Å². The quantitative estimate of drug-likeness (QED) is 0.720. The first-order valence-corrected chi connectivity index (χ1v) is 6.90. The van der Waals surface area contributed by atoms with Crippen molar-refractivity contribution in [3.8, 4) is 0 Å². The maximum Gasteiger partial charge on any atom is 0.410 e. The second-order valence-corrected chi connectivity index (χ2v) is 6.74. The molecule has 1 spiro atoms. The lowest BCUT2D eigenvalue weighted by Gasteiger charge is -2.26. The smallest absolute Gasteiger partial charge is 0.410 e. The average molecular weight is 257 g/mol. The zero-order valence-corrected chi connectivity index (χ0v) is 11.7. The third-order valence-electron chi connectivity index (χ3n) is 4.18. The van der Waals surface area contributed by atoms with Gasteiger partial charge in [-0.25, -0.2) is 4.79 Å². The van der Waals surface area contributed by atoms with E-state index in [9.17, 15) is 9.18 Å². The van der Waals surface area contributed by atoms with Crippen molar-refractivity contribution in [3.05, 3.63) is 0 Å². The van der Waals surface area contributed by atoms with E-state index < -0.39 is 5.60 Å². The lowest BCUT2D eigenvalue weighted by molar-refractivity contribution is 0.0254. The second kappa shape index (κ2) is 4.71. The number of alkyl halides is 1. The zero-order chi connectivity index (χ0) is 13.4. The summed E-state index contributed by atoms with van der Waals surface area (Å²) in [5, 5.41) is 0. The molecule has 18 heavy (non-hydrogen) atoms. The lowest BCUT2D eigenvalue weighted by atomic mass is 9.95. The van der Waals surface area contributed by atoms with Crippen LogP contribution in [0.4, 0.5) is 9.18 Å². The highest BCUT2D eigenvalue weighted by molar-refractivity contribution is 5.68. The monoisotopic (exact) mass is 257 g/mol. The Morgan fingerprint density at radius 1 is 1.39 bits per heavy atom. The van der Waals surface area contributed by atoms with E-state index in [4.69, 9.17) is 4.74 Å². The molecule has 104 valence electrons. The summed E-state index contributed by atoms with van der Waals surface area (Å²) in [5.41, 5.74) is -0.242. The maximum absolute atomic E-state index is 12.7. The van der Waals surface area contributed by atoms with Gasteiger partial charge in [0.2, 0.25) is 0 Å². The lowest BCUT2D eigenvalue weighted by Crippen LogP contribution is -2.37. The molecule has 1 saturated heterocycles. The van der Waals surface area contributed by atoms with Gasteiger partial charge in [0.25, 0.3) is 0 Å². The molecule has 1 heterocycles. The van der Waals surface area contributed by atoms with Crippen LogP contribution in [-0.2, 0) is 4.74 Å². The summed E-state index contributed by atoms with van der Waals surface area (Å²) >= 11 is 0. The molecule has 4 heteroatoms. The van der Waals surface area contributed by atoms with E-state index >= 15 is 0 Å². The number of carbonyl (C=O) groups excluding carboxylic acids is 1. The van der Waals surface area contributed by atoms with Crippen LogP contribution in [-0.4, -0.2) is 36.4 Å². The van der Waals surface area contributed by atoms with Crippen molar-refractivity contribution >= 4 is 6.09 Å². The van der Waals surface area contributed by atoms with Crippen molar-refractivity contribution in [3.63, 3.8) is 0 Å². The summed E-state index contributed by atoms with van der Waals surface area (Å²) in [6, 6.07) is 0. The molecule has 2 atom stereocenters. The number of amides is 1. The number of nitrogens with zero attached hydrogens (tertiary/aromatic N) is 1. The van der Waals surface area contributed by atoms with Crippen molar-refractivity contribution in [1.82, 2.24) is 4.90 Å². The van der Waals surface area contributed by atoms with Crippen molar-refractivity contribution < 1.29 is 13.9 Å². The minimum atomic E-state index is -0.442. The summed E-state index contributed by atoms with van der Waals surface area (Å²) in [6.07, 6.45) is 3.74. The maximum atomic E-state index is 12.7. The van der Waals surface area contributed by atoms with Gasteiger partial charge in [-0.15, -0.1) is 0 Å². The van der Waals surface area contributed by atoms with Gasteiger partial charge in [0.1, 0.15) is 5.60 Å². The number of hydrogen-bond donors (Lipinski definition) is 0. The summed E-state index contributed by atoms with van der Waals surface area (Å²) in [5.74, 6) is 0.246. The summed E-state index contributed by atoms with van der Waals surface area (Å²) < 4.78 is 18.1. The van der Waals surface area contributed by atoms with Crippen LogP contribution in [0.25, 0.3) is 0 Å². The second-order valence-electron chi connectivity index (χ2n) is 6.74. The number of hydrogen-bond acceptors (Lipinski definition) is 2. The van der Waals surface area contributed by atoms with E-state index in [0.29, 0.717) is 6.54 Å². The molecule has 1 amide bonds. The Morgan fingerprint density at radius 3 is 2.67 bits per heavy atom. The molecule has 2 rings (SSSR count). The molecule has 0 aromatic carbocycles. The SMILES string of the molecule is CC(C)(C)OC(=O)N1CCCC2(CC1)CC2CF. The van der Waals surface area contributed by atoms with Crippen molar-refractivity contribution in [1.29, 1.82) is 0 Å². The van der Waals surface area contributed by atoms with Crippen LogP contribution in [0.2, 0.25) is 0 Å². The van der Waals surface area contributed by atoms with Crippen LogP contribution in [0.5, 0.6) is 0 Å². The van der Waals surface area contributed by atoms with E-state index in [1.54, 1.807) is 4.90 Å². The van der Waals surface area contributed by atoms with Crippen LogP contribution in [0.3, 0.4) is 0 Å². The van der Waals surface area contributed by atoms with E-state index in [2.05, 4.69) is 0 Å². The first-order valence-electron chi connectivity index (χ1n) is 6.90. The van der Waals surface area contributed by atoms with Gasteiger partial charge in [0.05, 0.1) is 6.67 Å². The van der Waals surface area contributed by atoms with Crippen LogP contribution < -0.4 is 0 Å². The molecule has 1 aliphatic carbocycles. The van der Waals surface area contributed by atoms with E-state index in [0.717, 1.165) is 32.2 Å². The van der Waals surface area contributed by atoms with Crippen LogP contribution >= 0.6 is 0 Å². The summed E-state index contributed by atoms with van der Waals surface area (Å²) in [4.78, 5) is 13.8. The van der Waals surface area contributed by atoms with E-state index in [1.807, 2.05) is 20.8 Å². The Hall–Kier alpha value is -0.800. The third kappa shape index (κ3) is 2.96. The fraction of sp³-hybridized carbons (Fsp3) is 0.929. The highest BCUT2D eigenvalue weighted by Gasteiger charge is 2.53. The van der Waals surface area contributed by atoms with Crippen LogP contribution in [0.1, 0.15) is 46.5 Å². The van der Waals surface area contributed by atoms with Gasteiger partial charge in [0, 0.05) is 13.1 Å². The predicted octanol–water partition coefficient (Wildman–Crippen LogP) is 3.38. The molecule has 3 nitrogen and oxygen atoms in total. The molecule has 2 aliphatic rings. The molecular formula is C14H24FNO2. The molecule has 0 aromatic rings. The molecular weight excluding hydrogens is 233 g/mol. The molecule has 2 unspecified atom stereocenters. The Morgan fingerprint density at radius 2 is 2.11 bits per heavy atom. The Balaban J connectivity index is 1.88. The van der Waals surface area contributed by atoms with Gasteiger partial charge in [-0.2, -0.15) is 0 Å². The minimum Gasteiger partial charge on any atom is -0.444 e. The first kappa shape index (κ1) is 13.6. The molecule has 2 fully saturated rings. The molecule has 0 bridgehead atoms. The molecule has 1 aliphatic heterocycles. The number of carbonyl (C=O) groups is 1. The Bertz CT molecular complexity index is 326. The van der Waals surface area contributed by atoms with E-state index in [1.165, 1.54) is 0 Å². The number of rotatable bonds is 1. The largest absolute Gasteiger partial charge is 0.444 e. The topological polar surface area (TPSA) is 29.5 Å². The molecule has 0 aromatic heterocycles. The molecule has 1 saturated carbocycles. The number of likely N-dealkylation sites (tertiary alicyclic amines) is 1.